The van der Waals surface area contributed by atoms with Gasteiger partial charge in [0.2, 0.25) is 0 Å². The first-order valence-electron chi connectivity index (χ1n) is 8.01. The summed E-state index contributed by atoms with van der Waals surface area (Å²) in [5, 5.41) is 2.86. The summed E-state index contributed by atoms with van der Waals surface area (Å²) in [5.74, 6) is 1.65. The van der Waals surface area contributed by atoms with E-state index in [-0.39, 0.29) is 5.91 Å². The maximum Gasteiger partial charge on any atom is 0.265 e. The Labute approximate surface area is 142 Å². The first kappa shape index (κ1) is 17.7. The van der Waals surface area contributed by atoms with Crippen LogP contribution in [0.1, 0.15) is 20.3 Å². The van der Waals surface area contributed by atoms with Gasteiger partial charge in [-0.25, -0.2) is 0 Å². The Morgan fingerprint density at radius 3 is 2.50 bits per heavy atom. The molecule has 5 heteroatoms. The first-order chi connectivity index (χ1) is 11.7. The van der Waals surface area contributed by atoms with Crippen LogP contribution in [0, 0.1) is 0 Å². The fraction of sp³-hybridized carbons (Fsp3) is 0.316. The first-order valence-corrected chi connectivity index (χ1v) is 8.01. The summed E-state index contributed by atoms with van der Waals surface area (Å²) in [5.41, 5.74) is 0.674. The number of nitrogens with one attached hydrogen (secondary N) is 1. The van der Waals surface area contributed by atoms with E-state index in [2.05, 4.69) is 5.32 Å². The van der Waals surface area contributed by atoms with Crippen LogP contribution in [0.25, 0.3) is 0 Å². The maximum absolute atomic E-state index is 12.5. The molecule has 0 aromatic heterocycles. The summed E-state index contributed by atoms with van der Waals surface area (Å²) < 4.78 is 16.5. The summed E-state index contributed by atoms with van der Waals surface area (Å²) in [7, 11) is 1.57. The van der Waals surface area contributed by atoms with Crippen molar-refractivity contribution < 1.29 is 19.0 Å². The molecular weight excluding hydrogens is 306 g/mol. The highest BCUT2D eigenvalue weighted by Crippen LogP contribution is 2.27. The van der Waals surface area contributed by atoms with Crippen molar-refractivity contribution in [2.75, 3.05) is 19.0 Å². The normalized spacial score (nSPS) is 11.5. The molecule has 0 aliphatic heterocycles. The van der Waals surface area contributed by atoms with E-state index in [9.17, 15) is 4.79 Å². The van der Waals surface area contributed by atoms with Crippen LogP contribution in [-0.2, 0) is 4.79 Å². The van der Waals surface area contributed by atoms with Gasteiger partial charge in [-0.15, -0.1) is 0 Å². The van der Waals surface area contributed by atoms with Crippen molar-refractivity contribution in [1.29, 1.82) is 0 Å². The molecule has 2 aromatic rings. The van der Waals surface area contributed by atoms with Crippen LogP contribution in [0.3, 0.4) is 0 Å². The number of amides is 1. The lowest BCUT2D eigenvalue weighted by atomic mass is 10.2. The lowest BCUT2D eigenvalue weighted by molar-refractivity contribution is -0.122. The Hall–Kier alpha value is -2.69. The molecule has 1 atom stereocenters. The van der Waals surface area contributed by atoms with E-state index in [1.165, 1.54) is 0 Å². The number of hydrogen-bond donors (Lipinski definition) is 1. The number of para-hydroxylation sites is 2. The lowest BCUT2D eigenvalue weighted by Gasteiger charge is -2.19. The number of rotatable bonds is 8. The number of anilines is 1. The molecule has 2 rings (SSSR count). The summed E-state index contributed by atoms with van der Waals surface area (Å²) in [6, 6.07) is 14.6. The molecule has 24 heavy (non-hydrogen) atoms. The minimum absolute atomic E-state index is 0.211. The molecule has 0 aliphatic rings. The highest BCUT2D eigenvalue weighted by Gasteiger charge is 2.20. The molecule has 1 amide bonds. The lowest BCUT2D eigenvalue weighted by Crippen LogP contribution is -2.32. The third-order valence-corrected chi connectivity index (χ3v) is 3.41. The zero-order valence-corrected chi connectivity index (χ0v) is 14.2. The van der Waals surface area contributed by atoms with Gasteiger partial charge in [0, 0.05) is 11.8 Å². The van der Waals surface area contributed by atoms with Crippen LogP contribution in [0.4, 0.5) is 5.69 Å². The fourth-order valence-electron chi connectivity index (χ4n) is 2.24. The highest BCUT2D eigenvalue weighted by molar-refractivity contribution is 5.94. The van der Waals surface area contributed by atoms with Crippen molar-refractivity contribution in [2.45, 2.75) is 26.4 Å². The zero-order chi connectivity index (χ0) is 17.4. The second kappa shape index (κ2) is 8.82. The Balaban J connectivity index is 2.07. The molecule has 2 aromatic carbocycles. The zero-order valence-electron chi connectivity index (χ0n) is 14.2. The van der Waals surface area contributed by atoms with Gasteiger partial charge in [-0.05, 0) is 37.6 Å². The maximum atomic E-state index is 12.5. The SMILES string of the molecule is CCOc1cccc(NC(=O)[C@@H](CC)Oc2ccccc2OC)c1. The van der Waals surface area contributed by atoms with Crippen LogP contribution in [0.2, 0.25) is 0 Å². The highest BCUT2D eigenvalue weighted by atomic mass is 16.5. The standard InChI is InChI=1S/C19H23NO4/c1-4-16(24-18-12-7-6-11-17(18)22-3)19(21)20-14-9-8-10-15(13-14)23-5-2/h6-13,16H,4-5H2,1-3H3,(H,20,21)/t16-/m1/s1. The van der Waals surface area contributed by atoms with Crippen molar-refractivity contribution in [3.63, 3.8) is 0 Å². The number of benzene rings is 2. The van der Waals surface area contributed by atoms with Crippen LogP contribution in [0.15, 0.2) is 48.5 Å². The monoisotopic (exact) mass is 329 g/mol. The Bertz CT molecular complexity index is 672. The van der Waals surface area contributed by atoms with E-state index in [1.54, 1.807) is 25.3 Å². The van der Waals surface area contributed by atoms with Gasteiger partial charge in [0.1, 0.15) is 5.75 Å². The third-order valence-electron chi connectivity index (χ3n) is 3.41. The molecule has 0 aliphatic carbocycles. The fourth-order valence-corrected chi connectivity index (χ4v) is 2.24. The summed E-state index contributed by atoms with van der Waals surface area (Å²) in [4.78, 5) is 12.5. The van der Waals surface area contributed by atoms with Crippen LogP contribution < -0.4 is 19.5 Å². The minimum atomic E-state index is -0.614. The molecular formula is C19H23NO4. The van der Waals surface area contributed by atoms with Gasteiger partial charge in [0.15, 0.2) is 17.6 Å². The number of ether oxygens (including phenoxy) is 3. The van der Waals surface area contributed by atoms with Gasteiger partial charge in [-0.1, -0.05) is 25.1 Å². The van der Waals surface area contributed by atoms with E-state index >= 15 is 0 Å². The van der Waals surface area contributed by atoms with Crippen molar-refractivity contribution in [3.05, 3.63) is 48.5 Å². The van der Waals surface area contributed by atoms with E-state index in [0.29, 0.717) is 36.0 Å². The minimum Gasteiger partial charge on any atom is -0.494 e. The Kier molecular flexibility index (Phi) is 6.49. The number of carbonyl (C=O) groups is 1. The van der Waals surface area contributed by atoms with Crippen molar-refractivity contribution in [3.8, 4) is 17.2 Å². The van der Waals surface area contributed by atoms with E-state index in [1.807, 2.05) is 44.2 Å². The van der Waals surface area contributed by atoms with Crippen molar-refractivity contribution in [2.24, 2.45) is 0 Å². The van der Waals surface area contributed by atoms with Gasteiger partial charge in [-0.3, -0.25) is 4.79 Å². The smallest absolute Gasteiger partial charge is 0.265 e. The molecule has 0 spiro atoms. The van der Waals surface area contributed by atoms with E-state index in [0.717, 1.165) is 0 Å². The van der Waals surface area contributed by atoms with Gasteiger partial charge in [0.05, 0.1) is 13.7 Å². The molecule has 1 N–H and O–H groups in total. The third kappa shape index (κ3) is 4.65. The van der Waals surface area contributed by atoms with E-state index in [4.69, 9.17) is 14.2 Å². The molecule has 0 bridgehead atoms. The summed E-state index contributed by atoms with van der Waals surface area (Å²) in [6.45, 7) is 4.39. The Morgan fingerprint density at radius 2 is 1.83 bits per heavy atom. The van der Waals surface area contributed by atoms with E-state index < -0.39 is 6.10 Å². The molecule has 0 radical (unpaired) electrons. The average Bonchev–Trinajstić information content (AvgIpc) is 2.60. The van der Waals surface area contributed by atoms with Gasteiger partial charge >= 0.3 is 0 Å². The average molecular weight is 329 g/mol. The van der Waals surface area contributed by atoms with Gasteiger partial charge in [0.25, 0.3) is 5.91 Å². The number of methoxy groups -OCH3 is 1. The molecule has 128 valence electrons. The predicted octanol–water partition coefficient (Wildman–Crippen LogP) is 3.89. The molecule has 5 nitrogen and oxygen atoms in total. The molecule has 0 heterocycles. The largest absolute Gasteiger partial charge is 0.494 e. The second-order valence-electron chi connectivity index (χ2n) is 5.12. The molecule has 0 saturated carbocycles. The van der Waals surface area contributed by atoms with Crippen molar-refractivity contribution in [1.82, 2.24) is 0 Å². The number of hydrogen-bond acceptors (Lipinski definition) is 4. The van der Waals surface area contributed by atoms with Crippen LogP contribution in [0.5, 0.6) is 17.2 Å². The predicted molar refractivity (Wildman–Crippen MR) is 93.9 cm³/mol. The van der Waals surface area contributed by atoms with Crippen molar-refractivity contribution >= 4 is 11.6 Å². The van der Waals surface area contributed by atoms with Crippen LogP contribution in [-0.4, -0.2) is 25.7 Å². The topological polar surface area (TPSA) is 56.8 Å². The molecule has 0 fully saturated rings. The van der Waals surface area contributed by atoms with Gasteiger partial charge in [-0.2, -0.15) is 0 Å². The Morgan fingerprint density at radius 1 is 1.08 bits per heavy atom. The van der Waals surface area contributed by atoms with Crippen LogP contribution >= 0.6 is 0 Å². The van der Waals surface area contributed by atoms with Gasteiger partial charge < -0.3 is 19.5 Å². The molecule has 0 saturated heterocycles. The summed E-state index contributed by atoms with van der Waals surface area (Å²) in [6.07, 6.45) is -0.0771. The number of carbonyl (C=O) groups excluding carboxylic acids is 1. The quantitative estimate of drug-likeness (QED) is 0.798. The molecule has 0 unspecified atom stereocenters. The second-order valence-corrected chi connectivity index (χ2v) is 5.12. The summed E-state index contributed by atoms with van der Waals surface area (Å²) >= 11 is 0.